The highest BCUT2D eigenvalue weighted by molar-refractivity contribution is 7.47. The molecule has 0 radical (unpaired) electrons. The van der Waals surface area contributed by atoms with Gasteiger partial charge < -0.3 is 20.1 Å². The Bertz CT molecular complexity index is 929. The predicted octanol–water partition coefficient (Wildman–Crippen LogP) is 8.60. The van der Waals surface area contributed by atoms with Crippen LogP contribution < -0.4 is 5.73 Å². The van der Waals surface area contributed by atoms with Crippen molar-refractivity contribution in [1.82, 2.24) is 0 Å². The predicted molar refractivity (Wildman–Crippen MR) is 183 cm³/mol. The summed E-state index contributed by atoms with van der Waals surface area (Å²) in [5, 5.41) is 0. The number of rotatable bonds is 30. The van der Waals surface area contributed by atoms with Gasteiger partial charge in [0.1, 0.15) is 6.61 Å². The monoisotopic (exact) mass is 653 g/mol. The van der Waals surface area contributed by atoms with Crippen molar-refractivity contribution in [1.29, 1.82) is 0 Å². The summed E-state index contributed by atoms with van der Waals surface area (Å²) in [6.45, 7) is 3.44. The first-order valence-electron chi connectivity index (χ1n) is 16.8. The molecule has 0 amide bonds. The molecule has 10 heteroatoms. The van der Waals surface area contributed by atoms with E-state index in [1.54, 1.807) is 0 Å². The topological polar surface area (TPSA) is 134 Å². The van der Waals surface area contributed by atoms with Crippen molar-refractivity contribution >= 4 is 19.8 Å². The zero-order valence-electron chi connectivity index (χ0n) is 27.8. The highest BCUT2D eigenvalue weighted by atomic mass is 31.2. The SMILES string of the molecule is CC/C=C/C=C/C=C/C=C/CCCCCC(=O)OC(COC(=O)CCCCCCC/C=C/CCCC)COP(=O)(O)OCCN. The minimum Gasteiger partial charge on any atom is -0.462 e. The van der Waals surface area contributed by atoms with Crippen LogP contribution in [-0.4, -0.2) is 49.3 Å². The van der Waals surface area contributed by atoms with Gasteiger partial charge in [0, 0.05) is 19.4 Å². The highest BCUT2D eigenvalue weighted by Gasteiger charge is 2.25. The van der Waals surface area contributed by atoms with Gasteiger partial charge in [-0.3, -0.25) is 18.6 Å². The molecule has 2 atom stereocenters. The first kappa shape index (κ1) is 42.7. The molecule has 0 spiro atoms. The van der Waals surface area contributed by atoms with Gasteiger partial charge in [-0.15, -0.1) is 0 Å². The third kappa shape index (κ3) is 31.5. The molecule has 0 aliphatic rings. The molecule has 2 unspecified atom stereocenters. The molecule has 0 bridgehead atoms. The molecule has 0 fully saturated rings. The number of esters is 2. The normalized spacial score (nSPS) is 14.3. The van der Waals surface area contributed by atoms with E-state index in [0.717, 1.165) is 64.2 Å². The molecule has 0 saturated heterocycles. The van der Waals surface area contributed by atoms with Crippen molar-refractivity contribution < 1.29 is 37.6 Å². The zero-order valence-corrected chi connectivity index (χ0v) is 28.7. The lowest BCUT2D eigenvalue weighted by Crippen LogP contribution is -2.29. The number of phosphoric ester groups is 1. The number of carbonyl (C=O) groups excluding carboxylic acids is 2. The van der Waals surface area contributed by atoms with Crippen LogP contribution in [0.15, 0.2) is 60.8 Å². The quantitative estimate of drug-likeness (QED) is 0.0257. The second-order valence-electron chi connectivity index (χ2n) is 10.7. The van der Waals surface area contributed by atoms with Crippen LogP contribution in [0.3, 0.4) is 0 Å². The van der Waals surface area contributed by atoms with Crippen LogP contribution >= 0.6 is 7.82 Å². The van der Waals surface area contributed by atoms with E-state index >= 15 is 0 Å². The lowest BCUT2D eigenvalue weighted by Gasteiger charge is -2.19. The maximum absolute atomic E-state index is 12.4. The molecule has 0 aromatic rings. The van der Waals surface area contributed by atoms with E-state index < -0.39 is 32.5 Å². The van der Waals surface area contributed by atoms with Gasteiger partial charge in [-0.05, 0) is 51.4 Å². The second kappa shape index (κ2) is 31.7. The molecule has 45 heavy (non-hydrogen) atoms. The van der Waals surface area contributed by atoms with Crippen LogP contribution in [0.25, 0.3) is 0 Å². The molecule has 0 rings (SSSR count). The Morgan fingerprint density at radius 3 is 1.91 bits per heavy atom. The fourth-order valence-corrected chi connectivity index (χ4v) is 4.74. The number of carbonyl (C=O) groups is 2. The van der Waals surface area contributed by atoms with Crippen LogP contribution in [0, 0.1) is 0 Å². The molecule has 0 aromatic carbocycles. The number of allylic oxidation sites excluding steroid dienone is 10. The van der Waals surface area contributed by atoms with Gasteiger partial charge in [0.25, 0.3) is 0 Å². The number of hydrogen-bond acceptors (Lipinski definition) is 8. The third-order valence-corrected chi connectivity index (χ3v) is 7.47. The lowest BCUT2D eigenvalue weighted by atomic mass is 10.1. The van der Waals surface area contributed by atoms with E-state index in [-0.39, 0.29) is 32.6 Å². The van der Waals surface area contributed by atoms with Gasteiger partial charge >= 0.3 is 19.8 Å². The standard InChI is InChI=1S/C35H60NO8P/c1-3-5-7-9-11-13-15-16-18-20-22-24-26-28-35(38)44-33(32-43-45(39,40)42-30-29-36)31-41-34(37)27-25-23-21-19-17-14-12-10-8-6-4-2/h5,7,9-13,15-16,18,33H,3-4,6,8,14,17,19-32,36H2,1-2H3,(H,39,40)/b7-5+,11-9+,12-10+,15-13+,18-16+. The lowest BCUT2D eigenvalue weighted by molar-refractivity contribution is -0.161. The van der Waals surface area contributed by atoms with Crippen LogP contribution in [0.1, 0.15) is 117 Å². The molecule has 9 nitrogen and oxygen atoms in total. The molecule has 0 aromatic heterocycles. The van der Waals surface area contributed by atoms with Crippen LogP contribution in [0.2, 0.25) is 0 Å². The summed E-state index contributed by atoms with van der Waals surface area (Å²) in [5.74, 6) is -0.897. The number of hydrogen-bond donors (Lipinski definition) is 2. The number of ether oxygens (including phenoxy) is 2. The van der Waals surface area contributed by atoms with Gasteiger partial charge in [-0.1, -0.05) is 113 Å². The van der Waals surface area contributed by atoms with Gasteiger partial charge in [0.05, 0.1) is 13.2 Å². The molecule has 0 saturated carbocycles. The summed E-state index contributed by atoms with van der Waals surface area (Å²) in [6, 6.07) is 0. The maximum Gasteiger partial charge on any atom is 0.472 e. The van der Waals surface area contributed by atoms with E-state index in [1.807, 2.05) is 36.5 Å². The highest BCUT2D eigenvalue weighted by Crippen LogP contribution is 2.43. The Morgan fingerprint density at radius 1 is 0.689 bits per heavy atom. The van der Waals surface area contributed by atoms with Crippen LogP contribution in [0.5, 0.6) is 0 Å². The smallest absolute Gasteiger partial charge is 0.462 e. The van der Waals surface area contributed by atoms with E-state index in [1.165, 1.54) is 12.8 Å². The third-order valence-electron chi connectivity index (χ3n) is 6.48. The van der Waals surface area contributed by atoms with Crippen molar-refractivity contribution in [3.05, 3.63) is 60.8 Å². The van der Waals surface area contributed by atoms with Crippen LogP contribution in [0.4, 0.5) is 0 Å². The van der Waals surface area contributed by atoms with Crippen molar-refractivity contribution in [2.45, 2.75) is 123 Å². The van der Waals surface area contributed by atoms with Gasteiger partial charge in [0.15, 0.2) is 6.10 Å². The van der Waals surface area contributed by atoms with Crippen molar-refractivity contribution in [3.63, 3.8) is 0 Å². The zero-order chi connectivity index (χ0) is 33.3. The largest absolute Gasteiger partial charge is 0.472 e. The Labute approximate surface area is 272 Å². The van der Waals surface area contributed by atoms with Gasteiger partial charge in [0.2, 0.25) is 0 Å². The fraction of sp³-hybridized carbons (Fsp3) is 0.657. The van der Waals surface area contributed by atoms with Gasteiger partial charge in [-0.25, -0.2) is 4.57 Å². The number of phosphoric acid groups is 1. The summed E-state index contributed by atoms with van der Waals surface area (Å²) >= 11 is 0. The first-order chi connectivity index (χ1) is 21.8. The first-order valence-corrected chi connectivity index (χ1v) is 18.3. The molecule has 3 N–H and O–H groups in total. The maximum atomic E-state index is 12.4. The van der Waals surface area contributed by atoms with E-state index in [4.69, 9.17) is 24.3 Å². The Hall–Kier alpha value is -2.29. The van der Waals surface area contributed by atoms with E-state index in [0.29, 0.717) is 12.8 Å². The number of nitrogens with two attached hydrogens (primary N) is 1. The summed E-state index contributed by atoms with van der Waals surface area (Å²) in [4.78, 5) is 34.5. The van der Waals surface area contributed by atoms with E-state index in [9.17, 15) is 19.0 Å². The molecular formula is C35H60NO8P. The van der Waals surface area contributed by atoms with Crippen molar-refractivity contribution in [2.24, 2.45) is 5.73 Å². The summed E-state index contributed by atoms with van der Waals surface area (Å²) < 4.78 is 32.5. The van der Waals surface area contributed by atoms with Crippen molar-refractivity contribution in [3.8, 4) is 0 Å². The minimum absolute atomic E-state index is 0.0425. The van der Waals surface area contributed by atoms with E-state index in [2.05, 4.69) is 38.2 Å². The molecule has 258 valence electrons. The summed E-state index contributed by atoms with van der Waals surface area (Å²) in [6.07, 6.45) is 34.0. The number of unbranched alkanes of at least 4 members (excludes halogenated alkanes) is 10. The average Bonchev–Trinajstić information content (AvgIpc) is 3.02. The minimum atomic E-state index is -4.38. The average molecular weight is 654 g/mol. The Kier molecular flexibility index (Phi) is 30.1. The Balaban J connectivity index is 4.41. The molecule has 0 heterocycles. The molecular weight excluding hydrogens is 593 g/mol. The summed E-state index contributed by atoms with van der Waals surface area (Å²) in [5.41, 5.74) is 5.31. The fourth-order valence-electron chi connectivity index (χ4n) is 3.98. The van der Waals surface area contributed by atoms with Crippen LogP contribution in [-0.2, 0) is 32.7 Å². The Morgan fingerprint density at radius 2 is 1.24 bits per heavy atom. The molecule has 0 aliphatic carbocycles. The second-order valence-corrected chi connectivity index (χ2v) is 12.2. The summed E-state index contributed by atoms with van der Waals surface area (Å²) in [7, 11) is -4.38. The van der Waals surface area contributed by atoms with Gasteiger partial charge in [-0.2, -0.15) is 0 Å². The van der Waals surface area contributed by atoms with Crippen molar-refractivity contribution in [2.75, 3.05) is 26.4 Å². The molecule has 0 aliphatic heterocycles.